The molecule has 0 unspecified atom stereocenters. The van der Waals surface area contributed by atoms with E-state index in [1.807, 2.05) is 0 Å². The lowest BCUT2D eigenvalue weighted by atomic mass is 10.3. The van der Waals surface area contributed by atoms with Crippen molar-refractivity contribution in [2.75, 3.05) is 12.3 Å². The number of pyridine rings is 1. The summed E-state index contributed by atoms with van der Waals surface area (Å²) in [7, 11) is 0. The number of benzene rings is 1. The van der Waals surface area contributed by atoms with Crippen LogP contribution in [-0.2, 0) is 6.54 Å². The van der Waals surface area contributed by atoms with Crippen LogP contribution in [0.2, 0.25) is 0 Å². The fourth-order valence-corrected chi connectivity index (χ4v) is 2.04. The van der Waals surface area contributed by atoms with Gasteiger partial charge in [-0.1, -0.05) is 15.9 Å². The zero-order valence-corrected chi connectivity index (χ0v) is 11.6. The smallest absolute Gasteiger partial charge is 0.250 e. The molecule has 100 valence electrons. The molecule has 0 saturated carbocycles. The van der Waals surface area contributed by atoms with E-state index >= 15 is 0 Å². The highest BCUT2D eigenvalue weighted by Crippen LogP contribution is 2.20. The first-order chi connectivity index (χ1) is 9.04. The number of ether oxygens (including phenoxy) is 1. The molecule has 0 spiro atoms. The van der Waals surface area contributed by atoms with E-state index in [-0.39, 0.29) is 18.0 Å². The predicted octanol–water partition coefficient (Wildman–Crippen LogP) is 2.41. The van der Waals surface area contributed by atoms with Crippen LogP contribution >= 0.6 is 15.9 Å². The summed E-state index contributed by atoms with van der Waals surface area (Å²) in [6.07, 6.45) is 1.55. The van der Waals surface area contributed by atoms with Crippen molar-refractivity contribution in [2.45, 2.75) is 6.54 Å². The first-order valence-electron chi connectivity index (χ1n) is 5.59. The van der Waals surface area contributed by atoms with E-state index in [2.05, 4.69) is 15.9 Å². The molecule has 1 heterocycles. The number of hydrogen-bond acceptors (Lipinski definition) is 3. The Morgan fingerprint density at radius 3 is 2.84 bits per heavy atom. The molecule has 2 aromatic rings. The molecule has 1 aromatic heterocycles. The highest BCUT2D eigenvalue weighted by Gasteiger charge is 2.01. The van der Waals surface area contributed by atoms with Crippen molar-refractivity contribution in [1.82, 2.24) is 4.57 Å². The molecule has 0 aliphatic rings. The lowest BCUT2D eigenvalue weighted by molar-refractivity contribution is 0.295. The maximum absolute atomic E-state index is 13.1. The number of halogens is 2. The fourth-order valence-electron chi connectivity index (χ4n) is 1.60. The topological polar surface area (TPSA) is 57.2 Å². The first kappa shape index (κ1) is 13.6. The minimum absolute atomic E-state index is 0.154. The number of nitrogens with zero attached hydrogens (tertiary/aromatic N) is 1. The summed E-state index contributed by atoms with van der Waals surface area (Å²) in [5, 5.41) is 0. The van der Waals surface area contributed by atoms with Crippen molar-refractivity contribution in [1.29, 1.82) is 0 Å². The number of anilines is 1. The van der Waals surface area contributed by atoms with Gasteiger partial charge in [0.25, 0.3) is 5.56 Å². The summed E-state index contributed by atoms with van der Waals surface area (Å²) in [4.78, 5) is 11.5. The van der Waals surface area contributed by atoms with Gasteiger partial charge in [-0.25, -0.2) is 4.39 Å². The van der Waals surface area contributed by atoms with Crippen molar-refractivity contribution < 1.29 is 9.13 Å². The van der Waals surface area contributed by atoms with Crippen LogP contribution in [0.25, 0.3) is 0 Å². The second-order valence-electron chi connectivity index (χ2n) is 3.95. The van der Waals surface area contributed by atoms with Crippen LogP contribution in [-0.4, -0.2) is 11.2 Å². The minimum atomic E-state index is -0.384. The van der Waals surface area contributed by atoms with Gasteiger partial charge in [0.05, 0.1) is 6.54 Å². The number of rotatable bonds is 4. The monoisotopic (exact) mass is 326 g/mol. The summed E-state index contributed by atoms with van der Waals surface area (Å²) in [5.74, 6) is 0.0225. The van der Waals surface area contributed by atoms with Crippen LogP contribution in [0.1, 0.15) is 0 Å². The summed E-state index contributed by atoms with van der Waals surface area (Å²) >= 11 is 3.18. The van der Waals surface area contributed by atoms with E-state index in [1.54, 1.807) is 18.3 Å². The number of nitrogens with two attached hydrogens (primary N) is 1. The zero-order valence-electron chi connectivity index (χ0n) is 9.98. The van der Waals surface area contributed by atoms with Crippen molar-refractivity contribution in [3.8, 4) is 5.75 Å². The van der Waals surface area contributed by atoms with Crippen LogP contribution in [0.5, 0.6) is 5.75 Å². The van der Waals surface area contributed by atoms with Gasteiger partial charge in [-0.15, -0.1) is 0 Å². The standard InChI is InChI=1S/C13H12BrFN2O2/c14-9-5-10(15)7-12(6-9)19-4-3-17-8-11(16)1-2-13(17)18/h1-2,5-8H,3-4,16H2. The normalized spacial score (nSPS) is 10.4. The van der Waals surface area contributed by atoms with Gasteiger partial charge in [0.2, 0.25) is 0 Å². The zero-order chi connectivity index (χ0) is 13.8. The van der Waals surface area contributed by atoms with Crippen molar-refractivity contribution in [3.63, 3.8) is 0 Å². The molecule has 19 heavy (non-hydrogen) atoms. The second-order valence-corrected chi connectivity index (χ2v) is 4.86. The Balaban J connectivity index is 2.00. The third kappa shape index (κ3) is 3.82. The molecule has 0 fully saturated rings. The Morgan fingerprint density at radius 2 is 2.11 bits per heavy atom. The Bertz CT molecular complexity index is 623. The Morgan fingerprint density at radius 1 is 1.32 bits per heavy atom. The predicted molar refractivity (Wildman–Crippen MR) is 74.7 cm³/mol. The Labute approximate surface area is 117 Å². The summed E-state index contributed by atoms with van der Waals surface area (Å²) in [6.45, 7) is 0.595. The van der Waals surface area contributed by atoms with Gasteiger partial charge < -0.3 is 15.0 Å². The second kappa shape index (κ2) is 5.88. The highest BCUT2D eigenvalue weighted by atomic mass is 79.9. The van der Waals surface area contributed by atoms with Crippen molar-refractivity contribution in [2.24, 2.45) is 0 Å². The molecule has 6 heteroatoms. The average molecular weight is 327 g/mol. The molecule has 0 saturated heterocycles. The van der Waals surface area contributed by atoms with E-state index < -0.39 is 0 Å². The van der Waals surface area contributed by atoms with Gasteiger partial charge in [0.15, 0.2) is 0 Å². The van der Waals surface area contributed by atoms with Crippen LogP contribution < -0.4 is 16.0 Å². The molecule has 0 radical (unpaired) electrons. The molecule has 0 atom stereocenters. The molecule has 0 amide bonds. The summed E-state index contributed by atoms with van der Waals surface area (Å²) < 4.78 is 20.6. The van der Waals surface area contributed by atoms with E-state index in [4.69, 9.17) is 10.5 Å². The van der Waals surface area contributed by atoms with E-state index in [0.717, 1.165) is 0 Å². The lowest BCUT2D eigenvalue weighted by Crippen LogP contribution is -2.22. The van der Waals surface area contributed by atoms with Gasteiger partial charge in [-0.05, 0) is 18.2 Å². The lowest BCUT2D eigenvalue weighted by Gasteiger charge is -2.09. The molecule has 0 bridgehead atoms. The maximum Gasteiger partial charge on any atom is 0.250 e. The first-order valence-corrected chi connectivity index (χ1v) is 6.39. The molecule has 1 aromatic carbocycles. The van der Waals surface area contributed by atoms with Gasteiger partial charge in [-0.2, -0.15) is 0 Å². The molecular formula is C13H12BrFN2O2. The highest BCUT2D eigenvalue weighted by molar-refractivity contribution is 9.10. The number of hydrogen-bond donors (Lipinski definition) is 1. The van der Waals surface area contributed by atoms with E-state index in [1.165, 1.54) is 22.8 Å². The van der Waals surface area contributed by atoms with Gasteiger partial charge in [-0.3, -0.25) is 4.79 Å². The van der Waals surface area contributed by atoms with Crippen LogP contribution in [0.4, 0.5) is 10.1 Å². The SMILES string of the molecule is Nc1ccc(=O)n(CCOc2cc(F)cc(Br)c2)c1. The van der Waals surface area contributed by atoms with Crippen LogP contribution in [0, 0.1) is 5.82 Å². The average Bonchev–Trinajstić information content (AvgIpc) is 2.32. The maximum atomic E-state index is 13.1. The number of aromatic nitrogens is 1. The third-order valence-electron chi connectivity index (χ3n) is 2.44. The quantitative estimate of drug-likeness (QED) is 0.938. The molecule has 4 nitrogen and oxygen atoms in total. The minimum Gasteiger partial charge on any atom is -0.492 e. The molecule has 2 N–H and O–H groups in total. The molecular weight excluding hydrogens is 315 g/mol. The van der Waals surface area contributed by atoms with Gasteiger partial charge in [0, 0.05) is 28.5 Å². The Kier molecular flexibility index (Phi) is 4.21. The fraction of sp³-hybridized carbons (Fsp3) is 0.154. The van der Waals surface area contributed by atoms with Crippen LogP contribution in [0.3, 0.4) is 0 Å². The molecule has 2 rings (SSSR count). The van der Waals surface area contributed by atoms with Gasteiger partial charge in [0.1, 0.15) is 18.2 Å². The van der Waals surface area contributed by atoms with Crippen molar-refractivity contribution >= 4 is 21.6 Å². The Hall–Kier alpha value is -1.82. The number of nitrogen functional groups attached to an aromatic ring is 1. The molecule has 0 aliphatic carbocycles. The molecule has 0 aliphatic heterocycles. The largest absolute Gasteiger partial charge is 0.492 e. The summed E-state index contributed by atoms with van der Waals surface area (Å²) in [5.41, 5.74) is 5.95. The van der Waals surface area contributed by atoms with E-state index in [9.17, 15) is 9.18 Å². The summed E-state index contributed by atoms with van der Waals surface area (Å²) in [6, 6.07) is 7.23. The van der Waals surface area contributed by atoms with Crippen LogP contribution in [0.15, 0.2) is 45.8 Å². The third-order valence-corrected chi connectivity index (χ3v) is 2.90. The van der Waals surface area contributed by atoms with E-state index in [0.29, 0.717) is 22.5 Å². The van der Waals surface area contributed by atoms with Crippen molar-refractivity contribution in [3.05, 3.63) is 57.2 Å². The van der Waals surface area contributed by atoms with Gasteiger partial charge >= 0.3 is 0 Å².